The summed E-state index contributed by atoms with van der Waals surface area (Å²) < 4.78 is 34.8. The Morgan fingerprint density at radius 3 is 2.63 bits per heavy atom. The summed E-state index contributed by atoms with van der Waals surface area (Å²) in [6.07, 6.45) is 0.452. The van der Waals surface area contributed by atoms with Gasteiger partial charge in [-0.25, -0.2) is 18.3 Å². The van der Waals surface area contributed by atoms with Crippen LogP contribution in [0.4, 0.5) is 19.4 Å². The number of nitrogens with zero attached hydrogens (tertiary/aromatic N) is 2. The number of rotatable bonds is 9. The van der Waals surface area contributed by atoms with Crippen LogP contribution in [0.25, 0.3) is 5.69 Å². The van der Waals surface area contributed by atoms with Crippen LogP contribution >= 0.6 is 0 Å². The monoisotopic (exact) mass is 527 g/mol. The zero-order chi connectivity index (χ0) is 27.5. The predicted octanol–water partition coefficient (Wildman–Crippen LogP) is 4.01. The molecule has 0 bridgehead atoms. The lowest BCUT2D eigenvalue weighted by molar-refractivity contribution is 0.155. The number of carbonyl (C=O) groups is 1. The molecule has 1 saturated heterocycles. The molecule has 0 saturated carbocycles. The van der Waals surface area contributed by atoms with Gasteiger partial charge in [0.05, 0.1) is 23.5 Å². The Kier molecular flexibility index (Phi) is 8.15. The molecule has 2 aromatic carbocycles. The van der Waals surface area contributed by atoms with Gasteiger partial charge in [-0.1, -0.05) is 38.1 Å². The standard InChI is InChI=1S/C28H35F2N5O3/c1-18-24(27(2,3)17-36)34-35(20-8-6-5-7-9-20)25(18)32-26(37)33-28(12-13-38-4)16-31-15-21(28)19-10-11-22(29)23(30)14-19/h5-11,14,21,31,36H,12-13,15-17H2,1-4H3,(H2,32,33,37)/t21-,28+/m0/s1. The summed E-state index contributed by atoms with van der Waals surface area (Å²) in [7, 11) is 1.58. The van der Waals surface area contributed by atoms with Crippen LogP contribution in [0.2, 0.25) is 0 Å². The summed E-state index contributed by atoms with van der Waals surface area (Å²) in [6.45, 7) is 6.77. The van der Waals surface area contributed by atoms with Gasteiger partial charge in [0.15, 0.2) is 11.6 Å². The Bertz CT molecular complexity index is 1280. The van der Waals surface area contributed by atoms with Crippen LogP contribution in [0, 0.1) is 18.6 Å². The second-order valence-corrected chi connectivity index (χ2v) is 10.4. The van der Waals surface area contributed by atoms with Crippen LogP contribution in [0.15, 0.2) is 48.5 Å². The van der Waals surface area contributed by atoms with E-state index in [1.165, 1.54) is 6.07 Å². The van der Waals surface area contributed by atoms with E-state index in [0.29, 0.717) is 43.2 Å². The molecule has 204 valence electrons. The Morgan fingerprint density at radius 1 is 1.24 bits per heavy atom. The number of ether oxygens (including phenoxy) is 1. The normalized spacial score (nSPS) is 19.5. The number of anilines is 1. The maximum atomic E-state index is 14.1. The fourth-order valence-corrected chi connectivity index (χ4v) is 5.15. The minimum absolute atomic E-state index is 0.118. The molecule has 0 aliphatic carbocycles. The average Bonchev–Trinajstić information content (AvgIpc) is 3.46. The van der Waals surface area contributed by atoms with E-state index in [1.807, 2.05) is 51.1 Å². The minimum Gasteiger partial charge on any atom is -0.395 e. The lowest BCUT2D eigenvalue weighted by atomic mass is 9.79. The van der Waals surface area contributed by atoms with E-state index in [-0.39, 0.29) is 12.5 Å². The molecule has 0 radical (unpaired) electrons. The lowest BCUT2D eigenvalue weighted by Crippen LogP contribution is -2.55. The largest absolute Gasteiger partial charge is 0.395 e. The van der Waals surface area contributed by atoms with Gasteiger partial charge in [0.25, 0.3) is 0 Å². The molecule has 38 heavy (non-hydrogen) atoms. The van der Waals surface area contributed by atoms with E-state index in [9.17, 15) is 18.7 Å². The third kappa shape index (κ3) is 5.43. The van der Waals surface area contributed by atoms with Gasteiger partial charge in [0.2, 0.25) is 0 Å². The molecule has 1 aromatic heterocycles. The molecule has 2 amide bonds. The predicted molar refractivity (Wildman–Crippen MR) is 142 cm³/mol. The highest BCUT2D eigenvalue weighted by atomic mass is 19.2. The highest BCUT2D eigenvalue weighted by molar-refractivity contribution is 5.90. The summed E-state index contributed by atoms with van der Waals surface area (Å²) in [5, 5.41) is 24.1. The SMILES string of the molecule is COCC[C@@]1(NC(=O)Nc2c(C)c(C(C)(C)CO)nn2-c2ccccc2)CNC[C@H]1c1ccc(F)c(F)c1. The molecular formula is C28H35F2N5O3. The molecule has 3 aromatic rings. The number of methoxy groups -OCH3 is 1. The summed E-state index contributed by atoms with van der Waals surface area (Å²) in [4.78, 5) is 13.6. The second-order valence-electron chi connectivity index (χ2n) is 10.4. The lowest BCUT2D eigenvalue weighted by Gasteiger charge is -2.36. The molecular weight excluding hydrogens is 492 g/mol. The number of hydrogen-bond acceptors (Lipinski definition) is 5. The number of carbonyl (C=O) groups excluding carboxylic acids is 1. The first-order valence-electron chi connectivity index (χ1n) is 12.6. The Balaban J connectivity index is 1.68. The fourth-order valence-electron chi connectivity index (χ4n) is 5.15. The molecule has 1 fully saturated rings. The van der Waals surface area contributed by atoms with E-state index in [4.69, 9.17) is 9.84 Å². The van der Waals surface area contributed by atoms with Crippen LogP contribution in [0.5, 0.6) is 0 Å². The van der Waals surface area contributed by atoms with Gasteiger partial charge in [0, 0.05) is 43.7 Å². The van der Waals surface area contributed by atoms with Gasteiger partial charge >= 0.3 is 6.03 Å². The number of hydrogen-bond donors (Lipinski definition) is 4. The topological polar surface area (TPSA) is 100 Å². The summed E-state index contributed by atoms with van der Waals surface area (Å²) in [6, 6.07) is 12.8. The fraction of sp³-hybridized carbons (Fsp3) is 0.429. The minimum atomic E-state index is -0.930. The van der Waals surface area contributed by atoms with Crippen LogP contribution < -0.4 is 16.0 Å². The van der Waals surface area contributed by atoms with Crippen LogP contribution in [-0.4, -0.2) is 59.9 Å². The van der Waals surface area contributed by atoms with Crippen molar-refractivity contribution in [1.82, 2.24) is 20.4 Å². The first-order chi connectivity index (χ1) is 18.1. The molecule has 10 heteroatoms. The van der Waals surface area contributed by atoms with Crippen molar-refractivity contribution in [3.8, 4) is 5.69 Å². The molecule has 0 unspecified atom stereocenters. The van der Waals surface area contributed by atoms with Crippen molar-refractivity contribution in [3.63, 3.8) is 0 Å². The summed E-state index contributed by atoms with van der Waals surface area (Å²) >= 11 is 0. The van der Waals surface area contributed by atoms with E-state index in [1.54, 1.807) is 17.9 Å². The smallest absolute Gasteiger partial charge is 0.320 e. The Hall–Kier alpha value is -3.34. The van der Waals surface area contributed by atoms with Crippen LogP contribution in [0.3, 0.4) is 0 Å². The average molecular weight is 528 g/mol. The van der Waals surface area contributed by atoms with E-state index in [2.05, 4.69) is 16.0 Å². The number of halogens is 2. The molecule has 4 N–H and O–H groups in total. The molecule has 2 heterocycles. The van der Waals surface area contributed by atoms with E-state index < -0.39 is 28.6 Å². The maximum absolute atomic E-state index is 14.1. The highest BCUT2D eigenvalue weighted by Gasteiger charge is 2.45. The summed E-state index contributed by atoms with van der Waals surface area (Å²) in [5.41, 5.74) is 1.28. The number of aliphatic hydroxyl groups is 1. The van der Waals surface area contributed by atoms with Crippen molar-refractivity contribution < 1.29 is 23.4 Å². The summed E-state index contributed by atoms with van der Waals surface area (Å²) in [5.74, 6) is -1.69. The zero-order valence-electron chi connectivity index (χ0n) is 22.1. The van der Waals surface area contributed by atoms with Crippen molar-refractivity contribution >= 4 is 11.8 Å². The Labute approximate surface area is 221 Å². The molecule has 1 aliphatic heterocycles. The van der Waals surface area contributed by atoms with Crippen LogP contribution in [-0.2, 0) is 10.2 Å². The molecule has 0 spiro atoms. The van der Waals surface area contributed by atoms with Gasteiger partial charge < -0.3 is 20.5 Å². The van der Waals surface area contributed by atoms with Gasteiger partial charge in [-0.2, -0.15) is 5.10 Å². The third-order valence-electron chi connectivity index (χ3n) is 7.31. The number of amides is 2. The molecule has 2 atom stereocenters. The van der Waals surface area contributed by atoms with Gasteiger partial charge in [-0.15, -0.1) is 0 Å². The number of para-hydroxylation sites is 1. The van der Waals surface area contributed by atoms with Crippen molar-refractivity contribution in [3.05, 3.63) is 77.0 Å². The number of benzene rings is 2. The first-order valence-corrected chi connectivity index (χ1v) is 12.6. The highest BCUT2D eigenvalue weighted by Crippen LogP contribution is 2.36. The number of nitrogens with one attached hydrogen (secondary N) is 3. The zero-order valence-corrected chi connectivity index (χ0v) is 22.1. The van der Waals surface area contributed by atoms with Gasteiger partial charge in [0.1, 0.15) is 5.82 Å². The second kappa shape index (κ2) is 11.2. The maximum Gasteiger partial charge on any atom is 0.320 e. The third-order valence-corrected chi connectivity index (χ3v) is 7.31. The molecule has 4 rings (SSSR count). The number of urea groups is 1. The van der Waals surface area contributed by atoms with E-state index >= 15 is 0 Å². The van der Waals surface area contributed by atoms with Gasteiger partial charge in [-0.3, -0.25) is 5.32 Å². The van der Waals surface area contributed by atoms with E-state index in [0.717, 1.165) is 17.3 Å². The number of aromatic nitrogens is 2. The number of aliphatic hydroxyl groups excluding tert-OH is 1. The molecule has 8 nitrogen and oxygen atoms in total. The van der Waals surface area contributed by atoms with Gasteiger partial charge in [-0.05, 0) is 43.2 Å². The van der Waals surface area contributed by atoms with Crippen molar-refractivity contribution in [2.75, 3.05) is 38.7 Å². The molecule has 1 aliphatic rings. The van der Waals surface area contributed by atoms with Crippen molar-refractivity contribution in [2.24, 2.45) is 0 Å². The van der Waals surface area contributed by atoms with Crippen LogP contribution in [0.1, 0.15) is 43.0 Å². The first kappa shape index (κ1) is 27.7. The quantitative estimate of drug-likeness (QED) is 0.337. The van der Waals surface area contributed by atoms with Crippen molar-refractivity contribution in [1.29, 1.82) is 0 Å². The Morgan fingerprint density at radius 2 is 1.97 bits per heavy atom. The van der Waals surface area contributed by atoms with Crippen molar-refractivity contribution in [2.45, 2.75) is 44.1 Å².